The molecule has 0 saturated carbocycles. The Morgan fingerprint density at radius 3 is 2.86 bits per heavy atom. The molecule has 0 heterocycles. The van der Waals surface area contributed by atoms with E-state index in [-0.39, 0.29) is 6.42 Å². The number of rotatable bonds is 4. The normalized spacial score (nSPS) is 21.5. The minimum atomic E-state index is -0.728. The predicted octanol–water partition coefficient (Wildman–Crippen LogP) is 3.15. The molecule has 0 aromatic heterocycles. The van der Waals surface area contributed by atoms with Crippen LogP contribution in [0.15, 0.2) is 23.8 Å². The van der Waals surface area contributed by atoms with Crippen LogP contribution >= 0.6 is 0 Å². The number of allylic oxidation sites excluding steroid dienone is 3. The maximum Gasteiger partial charge on any atom is 0.303 e. The van der Waals surface area contributed by atoms with Gasteiger partial charge in [-0.3, -0.25) is 4.79 Å². The summed E-state index contributed by atoms with van der Waals surface area (Å²) < 4.78 is 0. The van der Waals surface area contributed by atoms with Gasteiger partial charge < -0.3 is 5.11 Å². The summed E-state index contributed by atoms with van der Waals surface area (Å²) in [5, 5.41) is 8.55. The second-order valence-electron chi connectivity index (χ2n) is 4.07. The van der Waals surface area contributed by atoms with E-state index < -0.39 is 5.97 Å². The molecule has 0 amide bonds. The van der Waals surface area contributed by atoms with Crippen LogP contribution in [0.3, 0.4) is 0 Å². The molecule has 1 aliphatic carbocycles. The number of carboxylic acid groups (broad SMARTS) is 1. The SMILES string of the molecule is C=C(CCC(=O)O)C1CC=C(C)CC1. The van der Waals surface area contributed by atoms with E-state index >= 15 is 0 Å². The van der Waals surface area contributed by atoms with E-state index in [1.165, 1.54) is 5.57 Å². The van der Waals surface area contributed by atoms with Gasteiger partial charge in [0.2, 0.25) is 0 Å². The molecule has 1 N–H and O–H groups in total. The standard InChI is InChI=1S/C12H18O2/c1-9-3-6-11(7-4-9)10(2)5-8-12(13)14/h3,11H,2,4-8H2,1H3,(H,13,14). The van der Waals surface area contributed by atoms with Crippen molar-refractivity contribution in [3.05, 3.63) is 23.8 Å². The number of carbonyl (C=O) groups is 1. The highest BCUT2D eigenvalue weighted by Crippen LogP contribution is 2.30. The highest BCUT2D eigenvalue weighted by atomic mass is 16.4. The zero-order chi connectivity index (χ0) is 10.6. The van der Waals surface area contributed by atoms with Gasteiger partial charge >= 0.3 is 5.97 Å². The van der Waals surface area contributed by atoms with Gasteiger partial charge in [-0.15, -0.1) is 0 Å². The summed E-state index contributed by atoms with van der Waals surface area (Å²) in [4.78, 5) is 10.4. The molecular weight excluding hydrogens is 176 g/mol. The minimum absolute atomic E-state index is 0.220. The number of aliphatic carboxylic acids is 1. The first-order valence-corrected chi connectivity index (χ1v) is 5.14. The molecule has 1 unspecified atom stereocenters. The van der Waals surface area contributed by atoms with Gasteiger partial charge in [-0.25, -0.2) is 0 Å². The Bertz CT molecular complexity index is 263. The maximum absolute atomic E-state index is 10.4. The van der Waals surface area contributed by atoms with Crippen LogP contribution in [0.5, 0.6) is 0 Å². The fraction of sp³-hybridized carbons (Fsp3) is 0.583. The fourth-order valence-electron chi connectivity index (χ4n) is 1.81. The van der Waals surface area contributed by atoms with E-state index in [4.69, 9.17) is 5.11 Å². The fourth-order valence-corrected chi connectivity index (χ4v) is 1.81. The molecule has 1 atom stereocenters. The van der Waals surface area contributed by atoms with E-state index in [1.54, 1.807) is 0 Å². The topological polar surface area (TPSA) is 37.3 Å². The summed E-state index contributed by atoms with van der Waals surface area (Å²) in [6, 6.07) is 0. The Balaban J connectivity index is 2.35. The second-order valence-corrected chi connectivity index (χ2v) is 4.07. The van der Waals surface area contributed by atoms with Crippen molar-refractivity contribution in [2.24, 2.45) is 5.92 Å². The largest absolute Gasteiger partial charge is 0.481 e. The van der Waals surface area contributed by atoms with Crippen molar-refractivity contribution >= 4 is 5.97 Å². The quantitative estimate of drug-likeness (QED) is 0.698. The molecule has 0 radical (unpaired) electrons. The van der Waals surface area contributed by atoms with Crippen LogP contribution < -0.4 is 0 Å². The summed E-state index contributed by atoms with van der Waals surface area (Å²) in [5.41, 5.74) is 2.56. The predicted molar refractivity (Wildman–Crippen MR) is 57.1 cm³/mol. The minimum Gasteiger partial charge on any atom is -0.481 e. The average molecular weight is 194 g/mol. The van der Waals surface area contributed by atoms with Gasteiger partial charge in [0.1, 0.15) is 0 Å². The van der Waals surface area contributed by atoms with E-state index in [1.807, 2.05) is 0 Å². The molecular formula is C12H18O2. The van der Waals surface area contributed by atoms with Crippen molar-refractivity contribution in [3.63, 3.8) is 0 Å². The highest BCUT2D eigenvalue weighted by molar-refractivity contribution is 5.67. The Morgan fingerprint density at radius 2 is 2.36 bits per heavy atom. The van der Waals surface area contributed by atoms with Gasteiger partial charge in [-0.1, -0.05) is 23.8 Å². The van der Waals surface area contributed by atoms with Gasteiger partial charge in [0.05, 0.1) is 0 Å². The molecule has 0 fully saturated rings. The monoisotopic (exact) mass is 194 g/mol. The molecule has 78 valence electrons. The Kier molecular flexibility index (Phi) is 3.93. The molecule has 2 heteroatoms. The van der Waals surface area contributed by atoms with Crippen LogP contribution in [0.1, 0.15) is 39.0 Å². The van der Waals surface area contributed by atoms with Crippen molar-refractivity contribution in [2.75, 3.05) is 0 Å². The van der Waals surface area contributed by atoms with E-state index in [0.717, 1.165) is 24.8 Å². The lowest BCUT2D eigenvalue weighted by atomic mass is 9.84. The average Bonchev–Trinajstić information content (AvgIpc) is 2.15. The first kappa shape index (κ1) is 11.0. The lowest BCUT2D eigenvalue weighted by Crippen LogP contribution is -2.08. The van der Waals surface area contributed by atoms with Crippen molar-refractivity contribution < 1.29 is 9.90 Å². The molecule has 1 rings (SSSR count). The highest BCUT2D eigenvalue weighted by Gasteiger charge is 2.15. The third kappa shape index (κ3) is 3.36. The maximum atomic E-state index is 10.4. The van der Waals surface area contributed by atoms with Gasteiger partial charge in [0.25, 0.3) is 0 Å². The van der Waals surface area contributed by atoms with Crippen LogP contribution in [0.25, 0.3) is 0 Å². The van der Waals surface area contributed by atoms with Crippen molar-refractivity contribution in [1.82, 2.24) is 0 Å². The van der Waals surface area contributed by atoms with Crippen LogP contribution in [0.2, 0.25) is 0 Å². The number of hydrogen-bond donors (Lipinski definition) is 1. The summed E-state index contributed by atoms with van der Waals surface area (Å²) >= 11 is 0. The van der Waals surface area contributed by atoms with Crippen molar-refractivity contribution in [3.8, 4) is 0 Å². The second kappa shape index (κ2) is 4.99. The van der Waals surface area contributed by atoms with Gasteiger partial charge in [-0.05, 0) is 38.5 Å². The Labute approximate surface area is 85.3 Å². The number of carboxylic acids is 1. The molecule has 1 aliphatic rings. The summed E-state index contributed by atoms with van der Waals surface area (Å²) in [6.07, 6.45) is 6.42. The van der Waals surface area contributed by atoms with Gasteiger partial charge in [-0.2, -0.15) is 0 Å². The molecule has 0 aromatic rings. The van der Waals surface area contributed by atoms with E-state index in [2.05, 4.69) is 19.6 Å². The van der Waals surface area contributed by atoms with Gasteiger partial charge in [0, 0.05) is 6.42 Å². The Hall–Kier alpha value is -1.05. The lowest BCUT2D eigenvalue weighted by Gasteiger charge is -2.22. The van der Waals surface area contributed by atoms with Crippen LogP contribution in [-0.2, 0) is 4.79 Å². The van der Waals surface area contributed by atoms with Crippen molar-refractivity contribution in [1.29, 1.82) is 0 Å². The Morgan fingerprint density at radius 1 is 1.64 bits per heavy atom. The number of hydrogen-bond acceptors (Lipinski definition) is 1. The van der Waals surface area contributed by atoms with Crippen LogP contribution in [-0.4, -0.2) is 11.1 Å². The summed E-state index contributed by atoms with van der Waals surface area (Å²) in [5.74, 6) is -0.216. The van der Waals surface area contributed by atoms with E-state index in [9.17, 15) is 4.79 Å². The molecule has 2 nitrogen and oxygen atoms in total. The summed E-state index contributed by atoms with van der Waals surface area (Å²) in [7, 11) is 0. The van der Waals surface area contributed by atoms with Crippen LogP contribution in [0.4, 0.5) is 0 Å². The lowest BCUT2D eigenvalue weighted by molar-refractivity contribution is -0.136. The summed E-state index contributed by atoms with van der Waals surface area (Å²) in [6.45, 7) is 6.13. The molecule has 14 heavy (non-hydrogen) atoms. The van der Waals surface area contributed by atoms with Gasteiger partial charge in [0.15, 0.2) is 0 Å². The molecule has 0 bridgehead atoms. The third-order valence-corrected chi connectivity index (χ3v) is 2.88. The van der Waals surface area contributed by atoms with E-state index in [0.29, 0.717) is 12.3 Å². The molecule has 0 aromatic carbocycles. The first-order valence-electron chi connectivity index (χ1n) is 5.14. The zero-order valence-electron chi connectivity index (χ0n) is 8.75. The molecule has 0 aliphatic heterocycles. The zero-order valence-corrected chi connectivity index (χ0v) is 8.75. The third-order valence-electron chi connectivity index (χ3n) is 2.88. The van der Waals surface area contributed by atoms with Crippen LogP contribution in [0, 0.1) is 5.92 Å². The molecule has 0 saturated heterocycles. The molecule has 0 spiro atoms. The smallest absolute Gasteiger partial charge is 0.303 e. The van der Waals surface area contributed by atoms with Crippen molar-refractivity contribution in [2.45, 2.75) is 39.0 Å². The first-order chi connectivity index (χ1) is 6.59.